The van der Waals surface area contributed by atoms with E-state index in [0.717, 1.165) is 16.8 Å². The molecule has 0 N–H and O–H groups in total. The van der Waals surface area contributed by atoms with Gasteiger partial charge >= 0.3 is 5.97 Å². The maximum absolute atomic E-state index is 12.0. The highest BCUT2D eigenvalue weighted by Gasteiger charge is 2.16. The van der Waals surface area contributed by atoms with Crippen molar-refractivity contribution in [3.8, 4) is 22.5 Å². The van der Waals surface area contributed by atoms with E-state index in [0.29, 0.717) is 12.3 Å². The molecule has 0 unspecified atom stereocenters. The zero-order valence-corrected chi connectivity index (χ0v) is 12.8. The molecule has 114 valence electrons. The first kappa shape index (κ1) is 14.9. The van der Waals surface area contributed by atoms with Crippen LogP contribution in [-0.4, -0.2) is 22.5 Å². The summed E-state index contributed by atoms with van der Waals surface area (Å²) in [5, 5.41) is 0. The Bertz CT molecular complexity index is 802. The van der Waals surface area contributed by atoms with Crippen molar-refractivity contribution in [2.75, 3.05) is 6.61 Å². The Balaban J connectivity index is 2.15. The fourth-order valence-corrected chi connectivity index (χ4v) is 2.30. The molecule has 0 spiro atoms. The summed E-state index contributed by atoms with van der Waals surface area (Å²) >= 11 is 0. The van der Waals surface area contributed by atoms with Crippen molar-refractivity contribution in [2.45, 2.75) is 6.92 Å². The van der Waals surface area contributed by atoms with E-state index in [1.807, 2.05) is 60.7 Å². The number of nitrogens with zero attached hydrogens (tertiary/aromatic N) is 2. The molecule has 1 aromatic heterocycles. The van der Waals surface area contributed by atoms with Crippen molar-refractivity contribution in [2.24, 2.45) is 0 Å². The Morgan fingerprint density at radius 1 is 0.913 bits per heavy atom. The molecule has 0 aliphatic rings. The van der Waals surface area contributed by atoms with Crippen LogP contribution in [0.4, 0.5) is 0 Å². The number of carbonyl (C=O) groups excluding carboxylic acids is 1. The van der Waals surface area contributed by atoms with Crippen LogP contribution in [0.15, 0.2) is 66.9 Å². The molecule has 4 heteroatoms. The lowest BCUT2D eigenvalue weighted by Crippen LogP contribution is -2.09. The lowest BCUT2D eigenvalue weighted by atomic mass is 10.0. The topological polar surface area (TPSA) is 52.1 Å². The second-order valence-corrected chi connectivity index (χ2v) is 4.90. The zero-order chi connectivity index (χ0) is 16.1. The Hall–Kier alpha value is -3.01. The van der Waals surface area contributed by atoms with Crippen LogP contribution in [-0.2, 0) is 4.74 Å². The molecule has 0 amide bonds. The second-order valence-electron chi connectivity index (χ2n) is 4.90. The van der Waals surface area contributed by atoms with Crippen LogP contribution in [0, 0.1) is 0 Å². The van der Waals surface area contributed by atoms with Crippen molar-refractivity contribution in [1.82, 2.24) is 9.97 Å². The largest absolute Gasteiger partial charge is 0.461 e. The normalized spacial score (nSPS) is 10.3. The number of aromatic nitrogens is 2. The molecule has 4 nitrogen and oxygen atoms in total. The molecule has 3 aromatic rings. The van der Waals surface area contributed by atoms with Crippen LogP contribution < -0.4 is 0 Å². The molecule has 2 aromatic carbocycles. The van der Waals surface area contributed by atoms with Gasteiger partial charge in [-0.2, -0.15) is 0 Å². The quantitative estimate of drug-likeness (QED) is 0.684. The van der Waals surface area contributed by atoms with Crippen LogP contribution in [0.5, 0.6) is 0 Å². The minimum Gasteiger partial charge on any atom is -0.461 e. The molecular weight excluding hydrogens is 288 g/mol. The van der Waals surface area contributed by atoms with Gasteiger partial charge in [0.25, 0.3) is 0 Å². The number of hydrogen-bond donors (Lipinski definition) is 0. The van der Waals surface area contributed by atoms with Gasteiger partial charge in [-0.3, -0.25) is 4.98 Å². The summed E-state index contributed by atoms with van der Waals surface area (Å²) in [4.78, 5) is 20.9. The van der Waals surface area contributed by atoms with E-state index >= 15 is 0 Å². The molecule has 0 fully saturated rings. The van der Waals surface area contributed by atoms with E-state index in [1.165, 1.54) is 6.20 Å². The molecule has 0 saturated carbocycles. The smallest absolute Gasteiger partial charge is 0.358 e. The van der Waals surface area contributed by atoms with E-state index in [4.69, 9.17) is 4.74 Å². The van der Waals surface area contributed by atoms with Crippen molar-refractivity contribution in [3.63, 3.8) is 0 Å². The number of ether oxygens (including phenoxy) is 1. The summed E-state index contributed by atoms with van der Waals surface area (Å²) in [6.07, 6.45) is 1.47. The van der Waals surface area contributed by atoms with Gasteiger partial charge in [0.05, 0.1) is 24.2 Å². The van der Waals surface area contributed by atoms with E-state index in [9.17, 15) is 4.79 Å². The second kappa shape index (κ2) is 6.83. The lowest BCUT2D eigenvalue weighted by Gasteiger charge is -2.10. The highest BCUT2D eigenvalue weighted by molar-refractivity contribution is 5.89. The lowest BCUT2D eigenvalue weighted by molar-refractivity contribution is 0.0519. The number of carbonyl (C=O) groups is 1. The van der Waals surface area contributed by atoms with Crippen molar-refractivity contribution in [1.29, 1.82) is 0 Å². The highest BCUT2D eigenvalue weighted by atomic mass is 16.5. The molecule has 0 aliphatic heterocycles. The molecule has 0 saturated heterocycles. The molecule has 0 bridgehead atoms. The summed E-state index contributed by atoms with van der Waals surface area (Å²) in [6, 6.07) is 19.5. The summed E-state index contributed by atoms with van der Waals surface area (Å²) in [5.41, 5.74) is 3.48. The SMILES string of the molecule is CCOC(=O)c1cnc(-c2ccccc2)c(-c2ccccc2)n1. The predicted octanol–water partition coefficient (Wildman–Crippen LogP) is 3.99. The van der Waals surface area contributed by atoms with E-state index < -0.39 is 5.97 Å². The van der Waals surface area contributed by atoms with Crippen molar-refractivity contribution in [3.05, 3.63) is 72.6 Å². The van der Waals surface area contributed by atoms with Gasteiger partial charge in [0.2, 0.25) is 0 Å². The zero-order valence-electron chi connectivity index (χ0n) is 12.8. The summed E-state index contributed by atoms with van der Waals surface area (Å²) in [6.45, 7) is 2.07. The number of benzene rings is 2. The Labute approximate surface area is 134 Å². The van der Waals surface area contributed by atoms with Gasteiger partial charge in [-0.1, -0.05) is 60.7 Å². The van der Waals surface area contributed by atoms with Gasteiger partial charge < -0.3 is 4.74 Å². The first-order chi connectivity index (χ1) is 11.3. The third kappa shape index (κ3) is 3.26. The number of hydrogen-bond acceptors (Lipinski definition) is 4. The Kier molecular flexibility index (Phi) is 4.43. The van der Waals surface area contributed by atoms with Gasteiger partial charge in [0.1, 0.15) is 0 Å². The maximum atomic E-state index is 12.0. The molecule has 0 radical (unpaired) electrons. The number of esters is 1. The first-order valence-electron chi connectivity index (χ1n) is 7.44. The fourth-order valence-electron chi connectivity index (χ4n) is 2.30. The monoisotopic (exact) mass is 304 g/mol. The van der Waals surface area contributed by atoms with Crippen molar-refractivity contribution >= 4 is 5.97 Å². The molecular formula is C19H16N2O2. The van der Waals surface area contributed by atoms with Gasteiger partial charge in [-0.25, -0.2) is 9.78 Å². The molecule has 0 atom stereocenters. The minimum atomic E-state index is -0.461. The van der Waals surface area contributed by atoms with Gasteiger partial charge in [-0.15, -0.1) is 0 Å². The van der Waals surface area contributed by atoms with E-state index in [2.05, 4.69) is 9.97 Å². The molecule has 0 aliphatic carbocycles. The predicted molar refractivity (Wildman–Crippen MR) is 88.9 cm³/mol. The third-order valence-electron chi connectivity index (χ3n) is 3.35. The minimum absolute atomic E-state index is 0.213. The average Bonchev–Trinajstić information content (AvgIpc) is 2.63. The molecule has 1 heterocycles. The maximum Gasteiger partial charge on any atom is 0.358 e. The van der Waals surface area contributed by atoms with E-state index in [-0.39, 0.29) is 5.69 Å². The highest BCUT2D eigenvalue weighted by Crippen LogP contribution is 2.28. The summed E-state index contributed by atoms with van der Waals surface area (Å²) in [5.74, 6) is -0.461. The first-order valence-corrected chi connectivity index (χ1v) is 7.44. The van der Waals surface area contributed by atoms with Crippen LogP contribution in [0.2, 0.25) is 0 Å². The van der Waals surface area contributed by atoms with Crippen LogP contribution in [0.3, 0.4) is 0 Å². The third-order valence-corrected chi connectivity index (χ3v) is 3.35. The number of rotatable bonds is 4. The summed E-state index contributed by atoms with van der Waals surface area (Å²) in [7, 11) is 0. The van der Waals surface area contributed by atoms with Gasteiger partial charge in [0, 0.05) is 11.1 Å². The van der Waals surface area contributed by atoms with E-state index in [1.54, 1.807) is 6.92 Å². The fraction of sp³-hybridized carbons (Fsp3) is 0.105. The molecule has 3 rings (SSSR count). The van der Waals surface area contributed by atoms with Gasteiger partial charge in [0.15, 0.2) is 5.69 Å². The van der Waals surface area contributed by atoms with Crippen molar-refractivity contribution < 1.29 is 9.53 Å². The molecule has 23 heavy (non-hydrogen) atoms. The Morgan fingerprint density at radius 2 is 1.48 bits per heavy atom. The summed E-state index contributed by atoms with van der Waals surface area (Å²) < 4.78 is 5.02. The Morgan fingerprint density at radius 3 is 2.04 bits per heavy atom. The van der Waals surface area contributed by atoms with Crippen LogP contribution >= 0.6 is 0 Å². The van der Waals surface area contributed by atoms with Gasteiger partial charge in [-0.05, 0) is 6.92 Å². The average molecular weight is 304 g/mol. The van der Waals surface area contributed by atoms with Crippen LogP contribution in [0.25, 0.3) is 22.5 Å². The van der Waals surface area contributed by atoms with Crippen LogP contribution in [0.1, 0.15) is 17.4 Å². The standard InChI is InChI=1S/C19H16N2O2/c1-2-23-19(22)16-13-20-17(14-9-5-3-6-10-14)18(21-16)15-11-7-4-8-12-15/h3-13H,2H2,1H3.